The molecule has 0 heterocycles. The Morgan fingerprint density at radius 2 is 1.46 bits per heavy atom. The average Bonchev–Trinajstić information content (AvgIpc) is 2.64. The predicted octanol–water partition coefficient (Wildman–Crippen LogP) is 4.82. The fourth-order valence-electron chi connectivity index (χ4n) is 3.60. The van der Waals surface area contributed by atoms with Crippen LogP contribution in [0.3, 0.4) is 0 Å². The van der Waals surface area contributed by atoms with Crippen molar-refractivity contribution in [3.8, 4) is 0 Å². The van der Waals surface area contributed by atoms with Gasteiger partial charge in [0.25, 0.3) is 0 Å². The summed E-state index contributed by atoms with van der Waals surface area (Å²) >= 11 is 0. The number of nitrogens with two attached hydrogens (primary N) is 1. The Morgan fingerprint density at radius 3 is 2.00 bits per heavy atom. The largest absolute Gasteiger partial charge is 0.480 e. The van der Waals surface area contributed by atoms with Crippen molar-refractivity contribution in [1.82, 2.24) is 10.2 Å². The number of rotatable bonds is 21. The van der Waals surface area contributed by atoms with Crippen molar-refractivity contribution >= 4 is 18.4 Å². The third-order valence-corrected chi connectivity index (χ3v) is 5.25. The Hall–Kier alpha value is -0.360. The maximum absolute atomic E-state index is 11.4. The number of carboxylic acid groups (broad SMARTS) is 1. The predicted molar refractivity (Wildman–Crippen MR) is 124 cm³/mol. The maximum Gasteiger partial charge on any atom is 0.317 e. The number of nitrogens with one attached hydrogen (secondary N) is 1. The van der Waals surface area contributed by atoms with E-state index in [1.54, 1.807) is 0 Å². The SMILES string of the molecule is CCCCCCCCC(CNCCN)N(CCCCCCCC)CC(=O)O.Cl. The van der Waals surface area contributed by atoms with Gasteiger partial charge in [-0.1, -0.05) is 84.5 Å². The van der Waals surface area contributed by atoms with Gasteiger partial charge < -0.3 is 16.2 Å². The molecule has 5 nitrogen and oxygen atoms in total. The van der Waals surface area contributed by atoms with Gasteiger partial charge in [-0.2, -0.15) is 0 Å². The number of aliphatic carboxylic acids is 1. The van der Waals surface area contributed by atoms with E-state index in [0.717, 1.165) is 32.5 Å². The monoisotopic (exact) mass is 421 g/mol. The van der Waals surface area contributed by atoms with Crippen LogP contribution >= 0.6 is 12.4 Å². The van der Waals surface area contributed by atoms with Gasteiger partial charge in [-0.05, 0) is 19.4 Å². The van der Waals surface area contributed by atoms with Gasteiger partial charge in [0.2, 0.25) is 0 Å². The zero-order valence-corrected chi connectivity index (χ0v) is 19.4. The zero-order valence-electron chi connectivity index (χ0n) is 18.6. The van der Waals surface area contributed by atoms with E-state index in [4.69, 9.17) is 5.73 Å². The van der Waals surface area contributed by atoms with Gasteiger partial charge in [0, 0.05) is 25.7 Å². The fourth-order valence-corrected chi connectivity index (χ4v) is 3.60. The van der Waals surface area contributed by atoms with Gasteiger partial charge in [0.1, 0.15) is 0 Å². The molecule has 170 valence electrons. The zero-order chi connectivity index (χ0) is 20.2. The molecule has 0 aliphatic rings. The molecule has 0 rings (SSSR count). The van der Waals surface area contributed by atoms with Crippen molar-refractivity contribution < 1.29 is 9.90 Å². The van der Waals surface area contributed by atoms with E-state index in [9.17, 15) is 9.90 Å². The van der Waals surface area contributed by atoms with Crippen LogP contribution in [-0.4, -0.2) is 54.7 Å². The lowest BCUT2D eigenvalue weighted by molar-refractivity contribution is -0.139. The summed E-state index contributed by atoms with van der Waals surface area (Å²) in [5.41, 5.74) is 5.61. The first kappa shape index (κ1) is 29.8. The van der Waals surface area contributed by atoms with Gasteiger partial charge in [-0.25, -0.2) is 0 Å². The molecule has 0 radical (unpaired) electrons. The number of nitrogens with zero attached hydrogens (tertiary/aromatic N) is 1. The van der Waals surface area contributed by atoms with Crippen LogP contribution in [0.5, 0.6) is 0 Å². The summed E-state index contributed by atoms with van der Waals surface area (Å²) < 4.78 is 0. The maximum atomic E-state index is 11.4. The minimum Gasteiger partial charge on any atom is -0.480 e. The van der Waals surface area contributed by atoms with Crippen LogP contribution in [0, 0.1) is 0 Å². The van der Waals surface area contributed by atoms with Crippen molar-refractivity contribution in [3.63, 3.8) is 0 Å². The normalized spacial score (nSPS) is 12.1. The summed E-state index contributed by atoms with van der Waals surface area (Å²) in [7, 11) is 0. The van der Waals surface area contributed by atoms with E-state index < -0.39 is 5.97 Å². The lowest BCUT2D eigenvalue weighted by atomic mass is 10.0. The van der Waals surface area contributed by atoms with Gasteiger partial charge >= 0.3 is 5.97 Å². The summed E-state index contributed by atoms with van der Waals surface area (Å²) in [5, 5.41) is 12.8. The molecule has 28 heavy (non-hydrogen) atoms. The Morgan fingerprint density at radius 1 is 0.929 bits per heavy atom. The van der Waals surface area contributed by atoms with E-state index in [1.165, 1.54) is 70.6 Å². The fraction of sp³-hybridized carbons (Fsp3) is 0.955. The first-order chi connectivity index (χ1) is 13.2. The first-order valence-corrected chi connectivity index (χ1v) is 11.5. The molecular weight excluding hydrogens is 374 g/mol. The molecule has 0 amide bonds. The van der Waals surface area contributed by atoms with E-state index in [0.29, 0.717) is 12.6 Å². The standard InChI is InChI=1S/C22H47N3O2.ClH/c1-3-5-7-9-11-13-15-21(19-24-17-16-23)25(20-22(26)27)18-14-12-10-8-6-4-2;/h21,24H,3-20,23H2,1-2H3,(H,26,27);1H. The topological polar surface area (TPSA) is 78.6 Å². The van der Waals surface area contributed by atoms with Crippen LogP contribution in [-0.2, 0) is 4.79 Å². The van der Waals surface area contributed by atoms with Crippen molar-refractivity contribution in [2.45, 2.75) is 103 Å². The quantitative estimate of drug-likeness (QED) is 0.231. The lowest BCUT2D eigenvalue weighted by Crippen LogP contribution is -2.46. The first-order valence-electron chi connectivity index (χ1n) is 11.5. The molecule has 1 unspecified atom stereocenters. The third kappa shape index (κ3) is 19.0. The molecule has 0 aliphatic carbocycles. The summed E-state index contributed by atoms with van der Waals surface area (Å²) in [6, 6.07) is 0.300. The molecule has 0 saturated carbocycles. The molecular formula is C22H48ClN3O2. The molecule has 6 heteroatoms. The van der Waals surface area contributed by atoms with Crippen molar-refractivity contribution in [1.29, 1.82) is 0 Å². The van der Waals surface area contributed by atoms with Crippen LogP contribution < -0.4 is 11.1 Å². The van der Waals surface area contributed by atoms with Gasteiger partial charge in [-0.15, -0.1) is 12.4 Å². The van der Waals surface area contributed by atoms with Crippen LogP contribution in [0.15, 0.2) is 0 Å². The second kappa shape index (κ2) is 22.9. The highest BCUT2D eigenvalue weighted by atomic mass is 35.5. The highest BCUT2D eigenvalue weighted by Gasteiger charge is 2.20. The molecule has 0 fully saturated rings. The minimum atomic E-state index is -0.715. The van der Waals surface area contributed by atoms with Crippen LogP contribution in [0.2, 0.25) is 0 Å². The molecule has 0 aromatic rings. The number of carboxylic acids is 1. The van der Waals surface area contributed by atoms with Crippen molar-refractivity contribution in [2.24, 2.45) is 5.73 Å². The smallest absolute Gasteiger partial charge is 0.317 e. The Labute approximate surface area is 180 Å². The number of hydrogen-bond acceptors (Lipinski definition) is 4. The van der Waals surface area contributed by atoms with Crippen molar-refractivity contribution in [2.75, 3.05) is 32.7 Å². The molecule has 0 saturated heterocycles. The number of unbranched alkanes of at least 4 members (excludes halogenated alkanes) is 10. The summed E-state index contributed by atoms with van der Waals surface area (Å²) in [4.78, 5) is 13.6. The van der Waals surface area contributed by atoms with E-state index in [-0.39, 0.29) is 19.0 Å². The second-order valence-corrected chi connectivity index (χ2v) is 7.84. The number of carbonyl (C=O) groups is 1. The third-order valence-electron chi connectivity index (χ3n) is 5.25. The van der Waals surface area contributed by atoms with E-state index >= 15 is 0 Å². The summed E-state index contributed by atoms with van der Waals surface area (Å²) in [5.74, 6) is -0.715. The Bertz CT molecular complexity index is 333. The molecule has 0 aromatic carbocycles. The lowest BCUT2D eigenvalue weighted by Gasteiger charge is -2.31. The van der Waals surface area contributed by atoms with Gasteiger partial charge in [0.15, 0.2) is 0 Å². The molecule has 0 bridgehead atoms. The molecule has 0 aliphatic heterocycles. The van der Waals surface area contributed by atoms with Gasteiger partial charge in [0.05, 0.1) is 6.54 Å². The average molecular weight is 422 g/mol. The van der Waals surface area contributed by atoms with Gasteiger partial charge in [-0.3, -0.25) is 9.69 Å². The minimum absolute atomic E-state index is 0. The molecule has 0 aromatic heterocycles. The van der Waals surface area contributed by atoms with Crippen molar-refractivity contribution in [3.05, 3.63) is 0 Å². The Balaban J connectivity index is 0. The number of hydrogen-bond donors (Lipinski definition) is 3. The molecule has 0 spiro atoms. The highest BCUT2D eigenvalue weighted by Crippen LogP contribution is 2.14. The number of halogens is 1. The van der Waals surface area contributed by atoms with E-state index in [1.807, 2.05) is 0 Å². The summed E-state index contributed by atoms with van der Waals surface area (Å²) in [6.45, 7) is 7.78. The highest BCUT2D eigenvalue weighted by molar-refractivity contribution is 5.85. The molecule has 1 atom stereocenters. The van der Waals surface area contributed by atoms with Crippen LogP contribution in [0.4, 0.5) is 0 Å². The summed E-state index contributed by atoms with van der Waals surface area (Å²) in [6.07, 6.45) is 16.2. The van der Waals surface area contributed by atoms with E-state index in [2.05, 4.69) is 24.1 Å². The van der Waals surface area contributed by atoms with Crippen LogP contribution in [0.1, 0.15) is 97.3 Å². The molecule has 4 N–H and O–H groups in total. The Kier molecular flexibility index (Phi) is 24.4. The van der Waals surface area contributed by atoms with Crippen LogP contribution in [0.25, 0.3) is 0 Å². The second-order valence-electron chi connectivity index (χ2n) is 7.84.